The fourth-order valence-corrected chi connectivity index (χ4v) is 5.61. The lowest BCUT2D eigenvalue weighted by Crippen LogP contribution is -2.25. The Hall–Kier alpha value is -2.96. The number of aromatic amines is 1. The number of halogens is 2. The quantitative estimate of drug-likeness (QED) is 0.174. The smallest absolute Gasteiger partial charge is 0.220 e. The molecule has 0 atom stereocenters. The van der Waals surface area contributed by atoms with Gasteiger partial charge in [-0.05, 0) is 86.4 Å². The minimum absolute atomic E-state index is 0. The van der Waals surface area contributed by atoms with E-state index in [9.17, 15) is 4.79 Å². The summed E-state index contributed by atoms with van der Waals surface area (Å²) in [5, 5.41) is 9.69. The van der Waals surface area contributed by atoms with Gasteiger partial charge >= 0.3 is 0 Å². The van der Waals surface area contributed by atoms with Gasteiger partial charge in [0, 0.05) is 47.7 Å². The molecule has 38 heavy (non-hydrogen) atoms. The van der Waals surface area contributed by atoms with E-state index in [-0.39, 0.29) is 18.3 Å². The molecule has 0 saturated heterocycles. The van der Waals surface area contributed by atoms with Gasteiger partial charge in [-0.3, -0.25) is 9.78 Å². The van der Waals surface area contributed by atoms with Crippen molar-refractivity contribution in [3.8, 4) is 5.75 Å². The van der Waals surface area contributed by atoms with E-state index in [1.165, 1.54) is 29.7 Å². The summed E-state index contributed by atoms with van der Waals surface area (Å²) >= 11 is 6.59. The number of anilines is 1. The third-order valence-corrected chi connectivity index (χ3v) is 7.63. The Morgan fingerprint density at radius 2 is 1.97 bits per heavy atom. The van der Waals surface area contributed by atoms with Crippen molar-refractivity contribution in [2.45, 2.75) is 57.8 Å². The van der Waals surface area contributed by atoms with Crippen LogP contribution in [0.25, 0.3) is 21.8 Å². The fraction of sp³-hybridized carbons (Fsp3) is 0.400. The van der Waals surface area contributed by atoms with E-state index in [1.54, 1.807) is 7.11 Å². The van der Waals surface area contributed by atoms with Gasteiger partial charge < -0.3 is 20.4 Å². The summed E-state index contributed by atoms with van der Waals surface area (Å²) in [5.41, 5.74) is 6.95. The number of nitrogens with zero attached hydrogens (tertiary/aromatic N) is 1. The van der Waals surface area contributed by atoms with Crippen LogP contribution in [-0.4, -0.2) is 36.1 Å². The number of fused-ring (bicyclic) bond motifs is 3. The maximum absolute atomic E-state index is 12.4. The molecule has 5 rings (SSSR count). The van der Waals surface area contributed by atoms with Crippen molar-refractivity contribution in [3.63, 3.8) is 0 Å². The predicted octanol–water partition coefficient (Wildman–Crippen LogP) is 7.01. The lowest BCUT2D eigenvalue weighted by atomic mass is 9.92. The van der Waals surface area contributed by atoms with E-state index in [2.05, 4.69) is 21.7 Å². The molecule has 1 aliphatic carbocycles. The average Bonchev–Trinajstić information content (AvgIpc) is 3.32. The Morgan fingerprint density at radius 3 is 2.84 bits per heavy atom. The SMILES string of the molecule is COc1ccc2[nH]cc(CCNC(=O)CCCCCNc3c4c(nc5cccc(Cl)c35)CCCC4)c2c1.Cl. The number of rotatable bonds is 11. The molecule has 2 aromatic carbocycles. The topological polar surface area (TPSA) is 79.0 Å². The Balaban J connectivity index is 0.00000336. The number of nitrogens with one attached hydrogen (secondary N) is 3. The molecule has 0 aliphatic heterocycles. The Morgan fingerprint density at radius 1 is 1.11 bits per heavy atom. The number of hydrogen-bond acceptors (Lipinski definition) is 4. The highest BCUT2D eigenvalue weighted by Gasteiger charge is 2.19. The van der Waals surface area contributed by atoms with Crippen LogP contribution in [-0.2, 0) is 24.1 Å². The van der Waals surface area contributed by atoms with Crippen molar-refractivity contribution >= 4 is 57.4 Å². The molecule has 0 bridgehead atoms. The number of unbranched alkanes of at least 4 members (excludes halogenated alkanes) is 2. The van der Waals surface area contributed by atoms with Crippen LogP contribution in [0.2, 0.25) is 5.02 Å². The molecule has 0 radical (unpaired) electrons. The number of ether oxygens (including phenoxy) is 1. The summed E-state index contributed by atoms with van der Waals surface area (Å²) in [4.78, 5) is 20.5. The van der Waals surface area contributed by atoms with Crippen LogP contribution in [0.15, 0.2) is 42.6 Å². The van der Waals surface area contributed by atoms with Crippen molar-refractivity contribution in [2.75, 3.05) is 25.5 Å². The number of carbonyl (C=O) groups is 1. The molecule has 0 saturated carbocycles. The normalized spacial score (nSPS) is 12.7. The zero-order valence-electron chi connectivity index (χ0n) is 21.9. The zero-order chi connectivity index (χ0) is 25.6. The molecule has 1 amide bonds. The summed E-state index contributed by atoms with van der Waals surface area (Å²) in [5.74, 6) is 0.957. The van der Waals surface area contributed by atoms with Crippen LogP contribution < -0.4 is 15.4 Å². The molecule has 3 N–H and O–H groups in total. The first-order valence-electron chi connectivity index (χ1n) is 13.4. The minimum atomic E-state index is 0. The van der Waals surface area contributed by atoms with Crippen molar-refractivity contribution in [1.82, 2.24) is 15.3 Å². The zero-order valence-corrected chi connectivity index (χ0v) is 23.4. The summed E-state index contributed by atoms with van der Waals surface area (Å²) in [6, 6.07) is 12.0. The third kappa shape index (κ3) is 6.36. The van der Waals surface area contributed by atoms with E-state index in [0.717, 1.165) is 83.3 Å². The first-order valence-corrected chi connectivity index (χ1v) is 13.8. The number of aryl methyl sites for hydroxylation is 1. The molecule has 6 nitrogen and oxygen atoms in total. The molecule has 2 aromatic heterocycles. The summed E-state index contributed by atoms with van der Waals surface area (Å²) < 4.78 is 5.34. The highest BCUT2D eigenvalue weighted by Crippen LogP contribution is 2.37. The Kier molecular flexibility index (Phi) is 9.75. The van der Waals surface area contributed by atoms with Crippen LogP contribution in [0.4, 0.5) is 5.69 Å². The van der Waals surface area contributed by atoms with Crippen LogP contribution >= 0.6 is 24.0 Å². The van der Waals surface area contributed by atoms with Gasteiger partial charge in [-0.1, -0.05) is 24.1 Å². The largest absolute Gasteiger partial charge is 0.497 e. The highest BCUT2D eigenvalue weighted by atomic mass is 35.5. The van der Waals surface area contributed by atoms with Crippen molar-refractivity contribution in [1.29, 1.82) is 0 Å². The van der Waals surface area contributed by atoms with Crippen LogP contribution in [0.1, 0.15) is 55.3 Å². The van der Waals surface area contributed by atoms with Crippen molar-refractivity contribution in [3.05, 3.63) is 64.4 Å². The molecular weight excluding hydrogens is 519 g/mol. The molecule has 8 heteroatoms. The number of benzene rings is 2. The summed E-state index contributed by atoms with van der Waals surface area (Å²) in [7, 11) is 1.67. The first-order chi connectivity index (χ1) is 18.1. The van der Waals surface area contributed by atoms with Gasteiger partial charge in [0.1, 0.15) is 5.75 Å². The molecule has 202 valence electrons. The van der Waals surface area contributed by atoms with Crippen LogP contribution in [0.3, 0.4) is 0 Å². The molecule has 0 fully saturated rings. The van der Waals surface area contributed by atoms with Crippen LogP contribution in [0, 0.1) is 0 Å². The number of pyridine rings is 1. The molecule has 0 unspecified atom stereocenters. The maximum atomic E-state index is 12.4. The van der Waals surface area contributed by atoms with Gasteiger partial charge in [-0.15, -0.1) is 12.4 Å². The van der Waals surface area contributed by atoms with E-state index in [1.807, 2.05) is 36.5 Å². The highest BCUT2D eigenvalue weighted by molar-refractivity contribution is 6.36. The second-order valence-electron chi connectivity index (χ2n) is 9.82. The molecule has 0 spiro atoms. The van der Waals surface area contributed by atoms with Gasteiger partial charge in [-0.25, -0.2) is 0 Å². The van der Waals surface area contributed by atoms with E-state index < -0.39 is 0 Å². The lowest BCUT2D eigenvalue weighted by molar-refractivity contribution is -0.121. The molecular formula is C30H36Cl2N4O2. The first kappa shape index (κ1) is 28.1. The van der Waals surface area contributed by atoms with Gasteiger partial charge in [0.05, 0.1) is 23.3 Å². The van der Waals surface area contributed by atoms with Crippen molar-refractivity contribution in [2.24, 2.45) is 0 Å². The van der Waals surface area contributed by atoms with Gasteiger partial charge in [-0.2, -0.15) is 0 Å². The van der Waals surface area contributed by atoms with E-state index >= 15 is 0 Å². The Labute approximate surface area is 235 Å². The van der Waals surface area contributed by atoms with Crippen molar-refractivity contribution < 1.29 is 9.53 Å². The van der Waals surface area contributed by atoms with Gasteiger partial charge in [0.15, 0.2) is 0 Å². The molecule has 2 heterocycles. The minimum Gasteiger partial charge on any atom is -0.497 e. The number of methoxy groups -OCH3 is 1. The maximum Gasteiger partial charge on any atom is 0.220 e. The van der Waals surface area contributed by atoms with E-state index in [4.69, 9.17) is 21.3 Å². The second-order valence-corrected chi connectivity index (χ2v) is 10.2. The Bertz CT molecular complexity index is 1400. The second kappa shape index (κ2) is 13.2. The number of H-pyrrole nitrogens is 1. The van der Waals surface area contributed by atoms with Crippen LogP contribution in [0.5, 0.6) is 5.75 Å². The van der Waals surface area contributed by atoms with Gasteiger partial charge in [0.2, 0.25) is 5.91 Å². The average molecular weight is 556 g/mol. The predicted molar refractivity (Wildman–Crippen MR) is 159 cm³/mol. The standard InChI is InChI=1S/C30H35ClN4O2.ClH/c1-37-21-13-14-25-23(18-21)20(19-34-25)15-17-32-28(36)12-3-2-6-16-33-30-22-8-4-5-10-26(22)35-27-11-7-9-24(31)29(27)30;/h7,9,11,13-14,18-19,34H,2-6,8,10,12,15-17H2,1H3,(H,32,36)(H,33,35);1H. The number of aromatic nitrogens is 2. The number of carbonyl (C=O) groups excluding carboxylic acids is 1. The van der Waals surface area contributed by atoms with Gasteiger partial charge in [0.25, 0.3) is 0 Å². The molecule has 1 aliphatic rings. The summed E-state index contributed by atoms with van der Waals surface area (Å²) in [6.07, 6.45) is 10.7. The monoisotopic (exact) mass is 554 g/mol. The number of amides is 1. The third-order valence-electron chi connectivity index (χ3n) is 7.31. The lowest BCUT2D eigenvalue weighted by Gasteiger charge is -2.22. The van der Waals surface area contributed by atoms with E-state index in [0.29, 0.717) is 13.0 Å². The number of hydrogen-bond donors (Lipinski definition) is 3. The molecule has 4 aromatic rings. The fourth-order valence-electron chi connectivity index (χ4n) is 5.34. The summed E-state index contributed by atoms with van der Waals surface area (Å²) in [6.45, 7) is 1.49.